The molecular weight excluding hydrogens is 492 g/mol. The molecule has 11 heteroatoms. The number of anilines is 2. The van der Waals surface area contributed by atoms with Crippen LogP contribution in [0.4, 0.5) is 20.5 Å². The molecule has 38 heavy (non-hydrogen) atoms. The van der Waals surface area contributed by atoms with Crippen molar-refractivity contribution < 1.29 is 18.6 Å². The molecule has 1 aromatic carbocycles. The zero-order chi connectivity index (χ0) is 26.5. The maximum absolute atomic E-state index is 14.1. The van der Waals surface area contributed by atoms with Gasteiger partial charge in [0.05, 0.1) is 30.5 Å². The molecule has 2 fully saturated rings. The van der Waals surface area contributed by atoms with Crippen LogP contribution in [0, 0.1) is 5.92 Å². The fourth-order valence-corrected chi connectivity index (χ4v) is 5.13. The van der Waals surface area contributed by atoms with Gasteiger partial charge in [0.25, 0.3) is 6.43 Å². The third-order valence-electron chi connectivity index (χ3n) is 7.31. The molecule has 1 saturated heterocycles. The van der Waals surface area contributed by atoms with Crippen molar-refractivity contribution in [3.8, 4) is 5.82 Å². The van der Waals surface area contributed by atoms with Crippen molar-refractivity contribution in [1.29, 1.82) is 0 Å². The summed E-state index contributed by atoms with van der Waals surface area (Å²) < 4.78 is 35.0. The van der Waals surface area contributed by atoms with E-state index in [0.29, 0.717) is 73.4 Å². The standard InChI is InChI=1S/C27H35F2N7O2/c1-18(17-37)15-30-20-8-6-19(7-9-20)16-31-23-14-24(34-27(33-23)35-10-12-38-13-11-35)36-22-5-3-2-4-21(22)32-26(36)25(28)29/h2-5,14,17,19-20,25,30,37H,6-13,15-16H2,1H3,(H,31,33,34)/b18-17+/t19-,20-. The molecule has 204 valence electrons. The van der Waals surface area contributed by atoms with E-state index in [2.05, 4.69) is 15.6 Å². The van der Waals surface area contributed by atoms with E-state index in [4.69, 9.17) is 19.8 Å². The number of nitrogens with zero attached hydrogens (tertiary/aromatic N) is 5. The molecule has 0 atom stereocenters. The van der Waals surface area contributed by atoms with Crippen molar-refractivity contribution in [2.24, 2.45) is 5.92 Å². The number of aliphatic hydroxyl groups is 1. The first-order valence-electron chi connectivity index (χ1n) is 13.3. The molecule has 1 saturated carbocycles. The molecule has 2 aliphatic rings. The van der Waals surface area contributed by atoms with E-state index in [1.54, 1.807) is 24.3 Å². The van der Waals surface area contributed by atoms with E-state index < -0.39 is 6.43 Å². The number of rotatable bonds is 9. The topological polar surface area (TPSA) is 100 Å². The Kier molecular flexibility index (Phi) is 8.33. The van der Waals surface area contributed by atoms with E-state index in [-0.39, 0.29) is 5.82 Å². The Labute approximate surface area is 220 Å². The van der Waals surface area contributed by atoms with Crippen LogP contribution < -0.4 is 15.5 Å². The van der Waals surface area contributed by atoms with Crippen molar-refractivity contribution >= 4 is 22.8 Å². The second kappa shape index (κ2) is 12.0. The number of alkyl halides is 2. The quantitative estimate of drug-likeness (QED) is 0.347. The first kappa shape index (κ1) is 26.3. The number of fused-ring (bicyclic) bond motifs is 1. The molecule has 2 aromatic heterocycles. The van der Waals surface area contributed by atoms with E-state index in [0.717, 1.165) is 44.1 Å². The van der Waals surface area contributed by atoms with Crippen LogP contribution in [0.5, 0.6) is 0 Å². The Morgan fingerprint density at radius 3 is 2.63 bits per heavy atom. The van der Waals surface area contributed by atoms with E-state index >= 15 is 0 Å². The molecule has 0 spiro atoms. The van der Waals surface area contributed by atoms with Gasteiger partial charge in [-0.15, -0.1) is 0 Å². The molecule has 0 amide bonds. The van der Waals surface area contributed by atoms with Crippen LogP contribution in [0.3, 0.4) is 0 Å². The van der Waals surface area contributed by atoms with Gasteiger partial charge in [0.2, 0.25) is 5.95 Å². The third kappa shape index (κ3) is 6.05. The monoisotopic (exact) mass is 527 g/mol. The summed E-state index contributed by atoms with van der Waals surface area (Å²) in [5.74, 6) is 1.62. The minimum absolute atomic E-state index is 0.333. The SMILES string of the molecule is C/C(=C\O)CN[C@H]1CC[C@H](CNc2cc(-n3c(C(F)F)nc4ccccc43)nc(N3CCOCC3)n2)CC1. The summed E-state index contributed by atoms with van der Waals surface area (Å²) in [5, 5.41) is 16.1. The first-order valence-corrected chi connectivity index (χ1v) is 13.3. The van der Waals surface area contributed by atoms with Crippen LogP contribution in [-0.2, 0) is 4.74 Å². The Balaban J connectivity index is 1.36. The van der Waals surface area contributed by atoms with Gasteiger partial charge in [-0.05, 0) is 56.2 Å². The first-order chi connectivity index (χ1) is 18.5. The van der Waals surface area contributed by atoms with Crippen molar-refractivity contribution in [1.82, 2.24) is 24.8 Å². The molecule has 9 nitrogen and oxygen atoms in total. The summed E-state index contributed by atoms with van der Waals surface area (Å²) in [6.07, 6.45) is 2.68. The highest BCUT2D eigenvalue weighted by molar-refractivity contribution is 5.78. The maximum Gasteiger partial charge on any atom is 0.296 e. The molecule has 3 N–H and O–H groups in total. The van der Waals surface area contributed by atoms with Gasteiger partial charge in [-0.2, -0.15) is 9.97 Å². The van der Waals surface area contributed by atoms with Gasteiger partial charge in [0.1, 0.15) is 11.6 Å². The van der Waals surface area contributed by atoms with Crippen molar-refractivity contribution in [2.75, 3.05) is 49.6 Å². The van der Waals surface area contributed by atoms with Gasteiger partial charge < -0.3 is 25.4 Å². The van der Waals surface area contributed by atoms with Gasteiger partial charge in [-0.1, -0.05) is 12.1 Å². The lowest BCUT2D eigenvalue weighted by atomic mass is 9.86. The number of benzene rings is 1. The molecular formula is C27H35F2N7O2. The number of hydrogen-bond acceptors (Lipinski definition) is 8. The van der Waals surface area contributed by atoms with Crippen LogP contribution in [0.1, 0.15) is 44.9 Å². The second-order valence-corrected chi connectivity index (χ2v) is 10.1. The third-order valence-corrected chi connectivity index (χ3v) is 7.31. The maximum atomic E-state index is 14.1. The molecule has 0 bridgehead atoms. The summed E-state index contributed by atoms with van der Waals surface area (Å²) >= 11 is 0. The molecule has 3 heterocycles. The zero-order valence-corrected chi connectivity index (χ0v) is 21.6. The Hall–Kier alpha value is -3.31. The van der Waals surface area contributed by atoms with Crippen molar-refractivity contribution in [2.45, 2.75) is 45.1 Å². The van der Waals surface area contributed by atoms with Gasteiger partial charge in [0.15, 0.2) is 5.82 Å². The Morgan fingerprint density at radius 1 is 1.13 bits per heavy atom. The summed E-state index contributed by atoms with van der Waals surface area (Å²) in [6, 6.07) is 9.29. The lowest BCUT2D eigenvalue weighted by Crippen LogP contribution is -2.37. The average molecular weight is 528 g/mol. The number of hydrogen-bond donors (Lipinski definition) is 3. The van der Waals surface area contributed by atoms with Gasteiger partial charge in [-0.25, -0.2) is 13.8 Å². The minimum Gasteiger partial charge on any atom is -0.516 e. The van der Waals surface area contributed by atoms with E-state index in [1.807, 2.05) is 17.9 Å². The molecule has 1 aliphatic carbocycles. The van der Waals surface area contributed by atoms with Crippen LogP contribution >= 0.6 is 0 Å². The molecule has 5 rings (SSSR count). The fourth-order valence-electron chi connectivity index (χ4n) is 5.13. The Bertz CT molecular complexity index is 1250. The highest BCUT2D eigenvalue weighted by Crippen LogP contribution is 2.30. The number of morpholine rings is 1. The zero-order valence-electron chi connectivity index (χ0n) is 21.6. The molecule has 0 radical (unpaired) electrons. The fraction of sp³-hybridized carbons (Fsp3) is 0.519. The average Bonchev–Trinajstić information content (AvgIpc) is 3.36. The van der Waals surface area contributed by atoms with Crippen LogP contribution in [-0.4, -0.2) is 70.1 Å². The van der Waals surface area contributed by atoms with Crippen molar-refractivity contribution in [3.05, 3.63) is 48.0 Å². The largest absolute Gasteiger partial charge is 0.516 e. The van der Waals surface area contributed by atoms with Gasteiger partial charge >= 0.3 is 0 Å². The lowest BCUT2D eigenvalue weighted by molar-refractivity contribution is 0.122. The molecule has 3 aromatic rings. The van der Waals surface area contributed by atoms with Crippen molar-refractivity contribution in [3.63, 3.8) is 0 Å². The van der Waals surface area contributed by atoms with Crippen LogP contribution in [0.25, 0.3) is 16.9 Å². The number of halogens is 2. The Morgan fingerprint density at radius 2 is 1.89 bits per heavy atom. The number of para-hydroxylation sites is 2. The summed E-state index contributed by atoms with van der Waals surface area (Å²) in [4.78, 5) is 15.7. The minimum atomic E-state index is -2.75. The number of aliphatic hydroxyl groups excluding tert-OH is 1. The second-order valence-electron chi connectivity index (χ2n) is 10.1. The highest BCUT2D eigenvalue weighted by atomic mass is 19.3. The lowest BCUT2D eigenvalue weighted by Gasteiger charge is -2.30. The van der Waals surface area contributed by atoms with Gasteiger partial charge in [-0.3, -0.25) is 4.57 Å². The number of aromatic nitrogens is 4. The molecule has 1 aliphatic heterocycles. The predicted molar refractivity (Wildman–Crippen MR) is 143 cm³/mol. The van der Waals surface area contributed by atoms with Gasteiger partial charge in [0, 0.05) is 38.3 Å². The molecule has 0 unspecified atom stereocenters. The number of nitrogens with one attached hydrogen (secondary N) is 2. The normalized spacial score (nSPS) is 20.8. The van der Waals surface area contributed by atoms with E-state index in [9.17, 15) is 8.78 Å². The number of ether oxygens (including phenoxy) is 1. The van der Waals surface area contributed by atoms with Crippen LogP contribution in [0.2, 0.25) is 0 Å². The number of imidazole rings is 1. The summed E-state index contributed by atoms with van der Waals surface area (Å²) in [7, 11) is 0. The summed E-state index contributed by atoms with van der Waals surface area (Å²) in [6.45, 7) is 5.75. The van der Waals surface area contributed by atoms with Crippen LogP contribution in [0.15, 0.2) is 42.2 Å². The predicted octanol–water partition coefficient (Wildman–Crippen LogP) is 4.61. The van der Waals surface area contributed by atoms with E-state index in [1.165, 1.54) is 4.57 Å². The smallest absolute Gasteiger partial charge is 0.296 e. The summed E-state index contributed by atoms with van der Waals surface area (Å²) in [5.41, 5.74) is 2.00. The highest BCUT2D eigenvalue weighted by Gasteiger charge is 2.24.